The molecule has 2 heterocycles. The van der Waals surface area contributed by atoms with Crippen LogP contribution in [0.2, 0.25) is 0 Å². The van der Waals surface area contributed by atoms with Gasteiger partial charge in [-0.15, -0.1) is 0 Å². The SMILES string of the molecule is O=C(NCCCC(=O)N1CCC(c2c[nH]c3ccccc23)CC1)c1ccc(F)cc1F. The van der Waals surface area contributed by atoms with Crippen molar-refractivity contribution in [2.45, 2.75) is 31.6 Å². The standard InChI is InChI=1S/C24H25F2N3O2/c25-17-7-8-19(21(26)14-17)24(31)27-11-3-6-23(30)29-12-9-16(10-13-29)20-15-28-22-5-2-1-4-18(20)22/h1-2,4-5,7-8,14-16,28H,3,6,9-13H2,(H,27,31). The molecule has 0 spiro atoms. The van der Waals surface area contributed by atoms with Crippen LogP contribution >= 0.6 is 0 Å². The Bertz CT molecular complexity index is 1090. The highest BCUT2D eigenvalue weighted by Crippen LogP contribution is 2.33. The molecule has 2 aromatic carbocycles. The number of H-pyrrole nitrogens is 1. The van der Waals surface area contributed by atoms with Gasteiger partial charge in [-0.1, -0.05) is 18.2 Å². The lowest BCUT2D eigenvalue weighted by Crippen LogP contribution is -2.38. The smallest absolute Gasteiger partial charge is 0.254 e. The number of rotatable bonds is 6. The number of hydrogen-bond donors (Lipinski definition) is 2. The second-order valence-electron chi connectivity index (χ2n) is 7.93. The summed E-state index contributed by atoms with van der Waals surface area (Å²) in [6.45, 7) is 1.69. The Morgan fingerprint density at radius 3 is 2.65 bits per heavy atom. The summed E-state index contributed by atoms with van der Waals surface area (Å²) in [6.07, 6.45) is 4.72. The number of amides is 2. The van der Waals surface area contributed by atoms with Crippen LogP contribution in [0.3, 0.4) is 0 Å². The number of nitrogens with one attached hydrogen (secondary N) is 2. The number of carbonyl (C=O) groups is 2. The molecule has 3 aromatic rings. The summed E-state index contributed by atoms with van der Waals surface area (Å²) in [4.78, 5) is 29.7. The largest absolute Gasteiger partial charge is 0.361 e. The Balaban J connectivity index is 1.21. The van der Waals surface area contributed by atoms with Crippen LogP contribution in [0.15, 0.2) is 48.7 Å². The maximum Gasteiger partial charge on any atom is 0.254 e. The quantitative estimate of drug-likeness (QED) is 0.577. The average molecular weight is 425 g/mol. The lowest BCUT2D eigenvalue weighted by atomic mass is 9.89. The van der Waals surface area contributed by atoms with E-state index in [1.807, 2.05) is 17.0 Å². The van der Waals surface area contributed by atoms with Crippen molar-refractivity contribution in [3.8, 4) is 0 Å². The zero-order chi connectivity index (χ0) is 21.8. The highest BCUT2D eigenvalue weighted by atomic mass is 19.1. The van der Waals surface area contributed by atoms with E-state index in [1.54, 1.807) is 0 Å². The average Bonchev–Trinajstić information content (AvgIpc) is 3.21. The molecule has 7 heteroatoms. The van der Waals surface area contributed by atoms with Crippen LogP contribution in [0.25, 0.3) is 10.9 Å². The second-order valence-corrected chi connectivity index (χ2v) is 7.93. The maximum atomic E-state index is 13.6. The van der Waals surface area contributed by atoms with Crippen molar-refractivity contribution in [1.82, 2.24) is 15.2 Å². The van der Waals surface area contributed by atoms with Crippen molar-refractivity contribution in [3.05, 3.63) is 71.4 Å². The minimum absolute atomic E-state index is 0.0691. The van der Waals surface area contributed by atoms with E-state index in [4.69, 9.17) is 0 Å². The molecule has 0 bridgehead atoms. The Hall–Kier alpha value is -3.22. The molecule has 1 aliphatic rings. The molecule has 4 rings (SSSR count). The third-order valence-corrected chi connectivity index (χ3v) is 5.94. The zero-order valence-electron chi connectivity index (χ0n) is 17.2. The highest BCUT2D eigenvalue weighted by Gasteiger charge is 2.25. The summed E-state index contributed by atoms with van der Waals surface area (Å²) < 4.78 is 26.6. The Kier molecular flexibility index (Phi) is 6.30. The van der Waals surface area contributed by atoms with Crippen LogP contribution in [0.5, 0.6) is 0 Å². The van der Waals surface area contributed by atoms with Crippen molar-refractivity contribution in [1.29, 1.82) is 0 Å². The van der Waals surface area contributed by atoms with Gasteiger partial charge < -0.3 is 15.2 Å². The first-order chi connectivity index (χ1) is 15.0. The van der Waals surface area contributed by atoms with Gasteiger partial charge in [-0.05, 0) is 48.9 Å². The van der Waals surface area contributed by atoms with Crippen LogP contribution in [0.4, 0.5) is 8.78 Å². The number of aromatic amines is 1. The highest BCUT2D eigenvalue weighted by molar-refractivity contribution is 5.94. The topological polar surface area (TPSA) is 65.2 Å². The molecule has 31 heavy (non-hydrogen) atoms. The molecule has 162 valence electrons. The molecule has 1 saturated heterocycles. The van der Waals surface area contributed by atoms with E-state index in [1.165, 1.54) is 10.9 Å². The molecule has 1 aromatic heterocycles. The van der Waals surface area contributed by atoms with Gasteiger partial charge in [0.1, 0.15) is 11.6 Å². The molecule has 0 saturated carbocycles. The normalized spacial score (nSPS) is 14.7. The molecule has 0 aliphatic carbocycles. The number of para-hydroxylation sites is 1. The molecule has 0 radical (unpaired) electrons. The van der Waals surface area contributed by atoms with E-state index >= 15 is 0 Å². The van der Waals surface area contributed by atoms with Crippen LogP contribution in [0.1, 0.15) is 47.5 Å². The van der Waals surface area contributed by atoms with Gasteiger partial charge in [0.25, 0.3) is 5.91 Å². The molecule has 1 fully saturated rings. The lowest BCUT2D eigenvalue weighted by molar-refractivity contribution is -0.132. The number of hydrogen-bond acceptors (Lipinski definition) is 2. The van der Waals surface area contributed by atoms with Crippen molar-refractivity contribution >= 4 is 22.7 Å². The van der Waals surface area contributed by atoms with Gasteiger partial charge in [-0.25, -0.2) is 8.78 Å². The molecule has 0 unspecified atom stereocenters. The first kappa shape index (κ1) is 21.0. The lowest BCUT2D eigenvalue weighted by Gasteiger charge is -2.32. The van der Waals surface area contributed by atoms with Gasteiger partial charge >= 0.3 is 0 Å². The second kappa shape index (κ2) is 9.29. The van der Waals surface area contributed by atoms with Gasteiger partial charge in [0.15, 0.2) is 0 Å². The number of aromatic nitrogens is 1. The fourth-order valence-corrected chi connectivity index (χ4v) is 4.24. The number of halogens is 2. The maximum absolute atomic E-state index is 13.6. The summed E-state index contributed by atoms with van der Waals surface area (Å²) in [7, 11) is 0. The van der Waals surface area contributed by atoms with Gasteiger partial charge in [0.2, 0.25) is 5.91 Å². The van der Waals surface area contributed by atoms with Gasteiger partial charge in [-0.2, -0.15) is 0 Å². The summed E-state index contributed by atoms with van der Waals surface area (Å²) >= 11 is 0. The predicted octanol–water partition coefficient (Wildman–Crippen LogP) is 4.36. The number of benzene rings is 2. The molecule has 1 aliphatic heterocycles. The Labute approximate surface area is 179 Å². The zero-order valence-corrected chi connectivity index (χ0v) is 17.2. The fourth-order valence-electron chi connectivity index (χ4n) is 4.24. The van der Waals surface area contributed by atoms with Gasteiger partial charge in [0, 0.05) is 49.2 Å². The third kappa shape index (κ3) is 4.76. The Morgan fingerprint density at radius 2 is 1.87 bits per heavy atom. The fraction of sp³-hybridized carbons (Fsp3) is 0.333. The van der Waals surface area contributed by atoms with Crippen molar-refractivity contribution in [3.63, 3.8) is 0 Å². The van der Waals surface area contributed by atoms with Gasteiger partial charge in [0.05, 0.1) is 5.56 Å². The molecule has 0 atom stereocenters. The number of piperidine rings is 1. The summed E-state index contributed by atoms with van der Waals surface area (Å²) in [6, 6.07) is 11.1. The van der Waals surface area contributed by atoms with E-state index in [2.05, 4.69) is 28.6 Å². The van der Waals surface area contributed by atoms with Crippen molar-refractivity contribution < 1.29 is 18.4 Å². The van der Waals surface area contributed by atoms with Crippen LogP contribution in [-0.4, -0.2) is 41.3 Å². The van der Waals surface area contributed by atoms with Crippen LogP contribution in [0, 0.1) is 11.6 Å². The third-order valence-electron chi connectivity index (χ3n) is 5.94. The van der Waals surface area contributed by atoms with E-state index in [0.29, 0.717) is 24.8 Å². The minimum Gasteiger partial charge on any atom is -0.361 e. The van der Waals surface area contributed by atoms with Gasteiger partial charge in [-0.3, -0.25) is 9.59 Å². The minimum atomic E-state index is -0.897. The van der Waals surface area contributed by atoms with E-state index in [9.17, 15) is 18.4 Å². The predicted molar refractivity (Wildman–Crippen MR) is 115 cm³/mol. The monoisotopic (exact) mass is 425 g/mol. The molecular weight excluding hydrogens is 400 g/mol. The first-order valence-corrected chi connectivity index (χ1v) is 10.6. The van der Waals surface area contributed by atoms with E-state index in [0.717, 1.165) is 43.6 Å². The summed E-state index contributed by atoms with van der Waals surface area (Å²) in [5.41, 5.74) is 2.25. The summed E-state index contributed by atoms with van der Waals surface area (Å²) in [5.74, 6) is -1.73. The number of fused-ring (bicyclic) bond motifs is 1. The number of likely N-dealkylation sites (tertiary alicyclic amines) is 1. The van der Waals surface area contributed by atoms with Crippen LogP contribution < -0.4 is 5.32 Å². The van der Waals surface area contributed by atoms with E-state index < -0.39 is 17.5 Å². The number of carbonyl (C=O) groups excluding carboxylic acids is 2. The Morgan fingerprint density at radius 1 is 1.10 bits per heavy atom. The molecular formula is C24H25F2N3O2. The summed E-state index contributed by atoms with van der Waals surface area (Å²) in [5, 5.41) is 3.84. The number of nitrogens with zero attached hydrogens (tertiary/aromatic N) is 1. The van der Waals surface area contributed by atoms with E-state index in [-0.39, 0.29) is 18.0 Å². The van der Waals surface area contributed by atoms with Crippen molar-refractivity contribution in [2.75, 3.05) is 19.6 Å². The van der Waals surface area contributed by atoms with Crippen LogP contribution in [-0.2, 0) is 4.79 Å². The van der Waals surface area contributed by atoms with Crippen molar-refractivity contribution in [2.24, 2.45) is 0 Å². The first-order valence-electron chi connectivity index (χ1n) is 10.6. The molecule has 2 N–H and O–H groups in total. The molecule has 2 amide bonds. The molecule has 5 nitrogen and oxygen atoms in total.